The average molecular weight is 399 g/mol. The molecule has 2 atom stereocenters. The number of hydrogen-bond donors (Lipinski definition) is 0. The Balaban J connectivity index is 1.77. The van der Waals surface area contributed by atoms with Gasteiger partial charge in [0.2, 0.25) is 0 Å². The van der Waals surface area contributed by atoms with Gasteiger partial charge in [0.25, 0.3) is 0 Å². The predicted octanol–water partition coefficient (Wildman–Crippen LogP) is 4.30. The Kier molecular flexibility index (Phi) is 5.44. The summed E-state index contributed by atoms with van der Waals surface area (Å²) < 4.78 is 49.9. The van der Waals surface area contributed by atoms with Crippen molar-refractivity contribution < 1.29 is 32.2 Å². The van der Waals surface area contributed by atoms with E-state index in [9.17, 15) is 22.8 Å². The number of nitrogens with zero attached hydrogens (tertiary/aromatic N) is 1. The molecule has 0 aliphatic carbocycles. The molecule has 0 spiro atoms. The standard InChI is InChI=1S/C20H24F3NO4/c1-19(2,3)28-18(26)24-15-8-13(9-16(24)11-27-10-15)17(25)12-5-4-6-14(7-12)20(21,22)23/h4-7,13,15-16H,8-11H2,1-3H3. The molecule has 0 saturated carbocycles. The summed E-state index contributed by atoms with van der Waals surface area (Å²) in [5.41, 5.74) is -1.44. The quantitative estimate of drug-likeness (QED) is 0.696. The van der Waals surface area contributed by atoms with E-state index in [4.69, 9.17) is 9.47 Å². The number of benzene rings is 1. The number of piperidine rings is 1. The van der Waals surface area contributed by atoms with Crippen LogP contribution in [0.5, 0.6) is 0 Å². The van der Waals surface area contributed by atoms with E-state index in [2.05, 4.69) is 0 Å². The number of Topliss-reactive ketones (excluding diaryl/α,β-unsaturated/α-hetero) is 1. The molecule has 28 heavy (non-hydrogen) atoms. The molecule has 2 saturated heterocycles. The second-order valence-corrected chi connectivity index (χ2v) is 8.34. The van der Waals surface area contributed by atoms with Gasteiger partial charge in [-0.1, -0.05) is 12.1 Å². The van der Waals surface area contributed by atoms with Crippen molar-refractivity contribution in [3.05, 3.63) is 35.4 Å². The molecule has 0 aromatic heterocycles. The molecule has 3 rings (SSSR count). The molecule has 2 fully saturated rings. The van der Waals surface area contributed by atoms with Gasteiger partial charge in [-0.3, -0.25) is 9.69 Å². The van der Waals surface area contributed by atoms with Crippen molar-refractivity contribution in [2.75, 3.05) is 13.2 Å². The summed E-state index contributed by atoms with van der Waals surface area (Å²) in [7, 11) is 0. The number of alkyl halides is 3. The molecule has 0 N–H and O–H groups in total. The van der Waals surface area contributed by atoms with Crippen LogP contribution >= 0.6 is 0 Å². The highest BCUT2D eigenvalue weighted by Gasteiger charge is 2.45. The zero-order valence-electron chi connectivity index (χ0n) is 16.1. The van der Waals surface area contributed by atoms with E-state index in [0.29, 0.717) is 12.8 Å². The number of ketones is 1. The average Bonchev–Trinajstić information content (AvgIpc) is 2.57. The fourth-order valence-corrected chi connectivity index (χ4v) is 3.83. The van der Waals surface area contributed by atoms with E-state index >= 15 is 0 Å². The Morgan fingerprint density at radius 3 is 2.25 bits per heavy atom. The monoisotopic (exact) mass is 399 g/mol. The summed E-state index contributed by atoms with van der Waals surface area (Å²) in [6.45, 7) is 5.90. The van der Waals surface area contributed by atoms with E-state index in [1.54, 1.807) is 25.7 Å². The highest BCUT2D eigenvalue weighted by Crippen LogP contribution is 2.36. The minimum Gasteiger partial charge on any atom is -0.444 e. The van der Waals surface area contributed by atoms with Gasteiger partial charge in [-0.15, -0.1) is 0 Å². The first kappa shape index (κ1) is 20.6. The molecule has 5 nitrogen and oxygen atoms in total. The van der Waals surface area contributed by atoms with Crippen LogP contribution in [0.1, 0.15) is 49.5 Å². The van der Waals surface area contributed by atoms with Crippen LogP contribution in [-0.2, 0) is 15.7 Å². The fourth-order valence-electron chi connectivity index (χ4n) is 3.83. The topological polar surface area (TPSA) is 55.8 Å². The van der Waals surface area contributed by atoms with E-state index < -0.39 is 29.4 Å². The smallest absolute Gasteiger partial charge is 0.416 e. The number of ether oxygens (including phenoxy) is 2. The molecule has 1 aromatic rings. The van der Waals surface area contributed by atoms with Crippen LogP contribution in [0, 0.1) is 5.92 Å². The number of carbonyl (C=O) groups excluding carboxylic acids is 2. The largest absolute Gasteiger partial charge is 0.444 e. The van der Waals surface area contributed by atoms with Gasteiger partial charge in [-0.05, 0) is 45.7 Å². The third-order valence-electron chi connectivity index (χ3n) is 4.97. The first-order valence-electron chi connectivity index (χ1n) is 9.26. The summed E-state index contributed by atoms with van der Waals surface area (Å²) in [4.78, 5) is 27.1. The maximum Gasteiger partial charge on any atom is 0.416 e. The van der Waals surface area contributed by atoms with Crippen molar-refractivity contribution in [1.82, 2.24) is 4.90 Å². The van der Waals surface area contributed by atoms with Gasteiger partial charge < -0.3 is 9.47 Å². The lowest BCUT2D eigenvalue weighted by Crippen LogP contribution is -2.60. The van der Waals surface area contributed by atoms with Crippen molar-refractivity contribution >= 4 is 11.9 Å². The van der Waals surface area contributed by atoms with Gasteiger partial charge in [0.15, 0.2) is 5.78 Å². The fraction of sp³-hybridized carbons (Fsp3) is 0.600. The van der Waals surface area contributed by atoms with Crippen molar-refractivity contribution in [3.63, 3.8) is 0 Å². The molecule has 0 radical (unpaired) electrons. The summed E-state index contributed by atoms with van der Waals surface area (Å²) in [6, 6.07) is 3.84. The Bertz CT molecular complexity index is 743. The number of halogens is 3. The Morgan fingerprint density at radius 1 is 1.11 bits per heavy atom. The molecule has 154 valence electrons. The van der Waals surface area contributed by atoms with Crippen LogP contribution in [0.25, 0.3) is 0 Å². The van der Waals surface area contributed by atoms with Gasteiger partial charge in [0.05, 0.1) is 30.9 Å². The third-order valence-corrected chi connectivity index (χ3v) is 4.97. The Morgan fingerprint density at radius 2 is 1.71 bits per heavy atom. The highest BCUT2D eigenvalue weighted by atomic mass is 19.4. The van der Waals surface area contributed by atoms with Gasteiger partial charge in [-0.2, -0.15) is 13.2 Å². The van der Waals surface area contributed by atoms with Gasteiger partial charge in [-0.25, -0.2) is 4.79 Å². The van der Waals surface area contributed by atoms with Crippen LogP contribution in [-0.4, -0.2) is 47.7 Å². The first-order chi connectivity index (χ1) is 13.0. The summed E-state index contributed by atoms with van der Waals surface area (Å²) in [5, 5.41) is 0. The van der Waals surface area contributed by atoms with Gasteiger partial charge in [0, 0.05) is 11.5 Å². The number of carbonyl (C=O) groups is 2. The molecule has 2 unspecified atom stereocenters. The Labute approximate surface area is 161 Å². The van der Waals surface area contributed by atoms with E-state index in [0.717, 1.165) is 12.1 Å². The zero-order chi connectivity index (χ0) is 20.7. The van der Waals surface area contributed by atoms with E-state index in [-0.39, 0.29) is 36.6 Å². The molecular weight excluding hydrogens is 375 g/mol. The summed E-state index contributed by atoms with van der Waals surface area (Å²) in [5.74, 6) is -0.784. The van der Waals surface area contributed by atoms with E-state index in [1.807, 2.05) is 0 Å². The van der Waals surface area contributed by atoms with Crippen LogP contribution in [0.4, 0.5) is 18.0 Å². The van der Waals surface area contributed by atoms with Crippen LogP contribution in [0.2, 0.25) is 0 Å². The van der Waals surface area contributed by atoms with Crippen molar-refractivity contribution in [1.29, 1.82) is 0 Å². The maximum absolute atomic E-state index is 13.0. The lowest BCUT2D eigenvalue weighted by molar-refractivity contribution is -0.137. The molecule has 2 bridgehead atoms. The van der Waals surface area contributed by atoms with Gasteiger partial charge in [0.1, 0.15) is 5.60 Å². The van der Waals surface area contributed by atoms with Gasteiger partial charge >= 0.3 is 12.3 Å². The lowest BCUT2D eigenvalue weighted by Gasteiger charge is -2.47. The normalized spacial score (nSPS) is 25.4. The first-order valence-corrected chi connectivity index (χ1v) is 9.26. The number of hydrogen-bond acceptors (Lipinski definition) is 4. The minimum absolute atomic E-state index is 0.0459. The van der Waals surface area contributed by atoms with Crippen LogP contribution in [0.3, 0.4) is 0 Å². The van der Waals surface area contributed by atoms with Crippen LogP contribution < -0.4 is 0 Å². The van der Waals surface area contributed by atoms with Crippen LogP contribution in [0.15, 0.2) is 24.3 Å². The third kappa shape index (κ3) is 4.48. The number of fused-ring (bicyclic) bond motifs is 2. The number of morpholine rings is 1. The number of rotatable bonds is 2. The predicted molar refractivity (Wildman–Crippen MR) is 95.0 cm³/mol. The maximum atomic E-state index is 13.0. The second-order valence-electron chi connectivity index (χ2n) is 8.34. The minimum atomic E-state index is -4.50. The molecule has 2 heterocycles. The van der Waals surface area contributed by atoms with Crippen molar-refractivity contribution in [2.45, 2.75) is 57.5 Å². The Hall–Kier alpha value is -2.09. The van der Waals surface area contributed by atoms with E-state index in [1.165, 1.54) is 12.1 Å². The van der Waals surface area contributed by atoms with Crippen molar-refractivity contribution in [2.24, 2.45) is 5.92 Å². The molecule has 1 amide bonds. The molecule has 8 heteroatoms. The van der Waals surface area contributed by atoms with Crippen molar-refractivity contribution in [3.8, 4) is 0 Å². The molecular formula is C20H24F3NO4. The molecule has 2 aliphatic heterocycles. The highest BCUT2D eigenvalue weighted by molar-refractivity contribution is 5.98. The zero-order valence-corrected chi connectivity index (χ0v) is 16.1. The number of amides is 1. The SMILES string of the molecule is CC(C)(C)OC(=O)N1C2COCC1CC(C(=O)c1cccc(C(F)(F)F)c1)C2. The summed E-state index contributed by atoms with van der Waals surface area (Å²) in [6.07, 6.45) is -4.27. The molecule has 1 aromatic carbocycles. The second kappa shape index (κ2) is 7.39. The lowest BCUT2D eigenvalue weighted by atomic mass is 9.80. The molecule has 2 aliphatic rings. The summed E-state index contributed by atoms with van der Waals surface area (Å²) >= 11 is 0.